The molecule has 0 radical (unpaired) electrons. The number of allylic oxidation sites excluding steroid dienone is 1. The van der Waals surface area contributed by atoms with E-state index in [0.29, 0.717) is 5.52 Å². The second-order valence-electron chi connectivity index (χ2n) is 3.36. The average molecular weight is 242 g/mol. The van der Waals surface area contributed by atoms with Gasteiger partial charge in [0.05, 0.1) is 21.7 Å². The highest BCUT2D eigenvalue weighted by Crippen LogP contribution is 2.13. The minimum absolute atomic E-state index is 0.194. The molecule has 3 heteroatoms. The second kappa shape index (κ2) is 6.55. The fourth-order valence-corrected chi connectivity index (χ4v) is 1.52. The maximum Gasteiger partial charge on any atom is 0.117 e. The van der Waals surface area contributed by atoms with E-state index in [2.05, 4.69) is 16.5 Å². The number of phenols is 1. The summed E-state index contributed by atoms with van der Waals surface area (Å²) in [5, 5.41) is 10.9. The van der Waals surface area contributed by atoms with Crippen molar-refractivity contribution < 1.29 is 5.11 Å². The van der Waals surface area contributed by atoms with Gasteiger partial charge in [-0.1, -0.05) is 32.6 Å². The van der Waals surface area contributed by atoms with E-state index in [-0.39, 0.29) is 5.75 Å². The zero-order chi connectivity index (χ0) is 13.5. The topological polar surface area (TPSA) is 46.0 Å². The minimum Gasteiger partial charge on any atom is -0.508 e. The lowest BCUT2D eigenvalue weighted by molar-refractivity contribution is 0.476. The van der Waals surface area contributed by atoms with Gasteiger partial charge in [-0.3, -0.25) is 0 Å². The summed E-state index contributed by atoms with van der Waals surface area (Å²) in [6.45, 7) is 9.56. The van der Waals surface area contributed by atoms with Crippen molar-refractivity contribution in [2.75, 3.05) is 0 Å². The number of rotatable bonds is 1. The minimum atomic E-state index is 0.194. The normalized spacial score (nSPS) is 12.2. The van der Waals surface area contributed by atoms with E-state index in [1.807, 2.05) is 26.8 Å². The van der Waals surface area contributed by atoms with Crippen molar-refractivity contribution in [2.45, 2.75) is 20.8 Å². The Morgan fingerprint density at radius 1 is 1.11 bits per heavy atom. The lowest BCUT2D eigenvalue weighted by Crippen LogP contribution is -2.30. The Kier molecular flexibility index (Phi) is 5.06. The number of hydrogen-bond acceptors (Lipinski definition) is 3. The van der Waals surface area contributed by atoms with E-state index in [1.54, 1.807) is 30.4 Å². The second-order valence-corrected chi connectivity index (χ2v) is 3.36. The van der Waals surface area contributed by atoms with Crippen LogP contribution < -0.4 is 10.7 Å². The smallest absolute Gasteiger partial charge is 0.117 e. The lowest BCUT2D eigenvalue weighted by Gasteiger charge is -1.98. The van der Waals surface area contributed by atoms with Crippen LogP contribution in [0.25, 0.3) is 23.2 Å². The molecule has 0 amide bonds. The van der Waals surface area contributed by atoms with Crippen LogP contribution in [0.1, 0.15) is 20.8 Å². The molecule has 0 aliphatic heterocycles. The molecule has 2 rings (SSSR count). The van der Waals surface area contributed by atoms with Gasteiger partial charge < -0.3 is 5.11 Å². The van der Waals surface area contributed by atoms with Gasteiger partial charge in [0.2, 0.25) is 0 Å². The van der Waals surface area contributed by atoms with E-state index in [0.717, 1.165) is 16.2 Å². The Balaban J connectivity index is 0.000000771. The van der Waals surface area contributed by atoms with E-state index < -0.39 is 0 Å². The van der Waals surface area contributed by atoms with Gasteiger partial charge in [-0.15, -0.1) is 0 Å². The highest BCUT2D eigenvalue weighted by atomic mass is 16.3. The molecule has 0 unspecified atom stereocenters. The van der Waals surface area contributed by atoms with Crippen molar-refractivity contribution in [1.29, 1.82) is 0 Å². The Bertz CT molecular complexity index is 660. The van der Waals surface area contributed by atoms with Crippen molar-refractivity contribution in [3.8, 4) is 5.75 Å². The first-order valence-electron chi connectivity index (χ1n) is 6.00. The van der Waals surface area contributed by atoms with E-state index in [1.165, 1.54) is 0 Å². The molecule has 0 aliphatic rings. The fraction of sp³-hybridized carbons (Fsp3) is 0.200. The van der Waals surface area contributed by atoms with Crippen molar-refractivity contribution in [1.82, 2.24) is 9.97 Å². The SMILES string of the molecule is C=C/C=c1/nc2cc(O)ccc2n/c1=C/C.CC. The molecule has 1 aromatic carbocycles. The third-order valence-corrected chi connectivity index (χ3v) is 2.25. The first-order valence-corrected chi connectivity index (χ1v) is 6.00. The Morgan fingerprint density at radius 2 is 1.78 bits per heavy atom. The van der Waals surface area contributed by atoms with Crippen LogP contribution in [0.15, 0.2) is 30.9 Å². The molecule has 0 fully saturated rings. The predicted molar refractivity (Wildman–Crippen MR) is 76.6 cm³/mol. The number of benzene rings is 1. The number of aromatic hydroxyl groups is 1. The van der Waals surface area contributed by atoms with Gasteiger partial charge in [-0.25, -0.2) is 9.97 Å². The molecule has 0 saturated heterocycles. The van der Waals surface area contributed by atoms with E-state index in [4.69, 9.17) is 0 Å². The first-order chi connectivity index (χ1) is 8.74. The summed E-state index contributed by atoms with van der Waals surface area (Å²) in [4.78, 5) is 8.86. The molecule has 94 valence electrons. The maximum atomic E-state index is 9.37. The van der Waals surface area contributed by atoms with Gasteiger partial charge >= 0.3 is 0 Å². The quantitative estimate of drug-likeness (QED) is 0.833. The summed E-state index contributed by atoms with van der Waals surface area (Å²) in [5.41, 5.74) is 1.45. The predicted octanol–water partition coefficient (Wildman–Crippen LogP) is 2.13. The van der Waals surface area contributed by atoms with Gasteiger partial charge in [0, 0.05) is 6.07 Å². The summed E-state index contributed by atoms with van der Waals surface area (Å²) in [7, 11) is 0. The monoisotopic (exact) mass is 242 g/mol. The average Bonchev–Trinajstić information content (AvgIpc) is 2.40. The Morgan fingerprint density at radius 3 is 2.39 bits per heavy atom. The third kappa shape index (κ3) is 2.94. The van der Waals surface area contributed by atoms with Crippen LogP contribution in [0.3, 0.4) is 0 Å². The number of hydrogen-bond donors (Lipinski definition) is 1. The number of fused-ring (bicyclic) bond motifs is 1. The molecule has 18 heavy (non-hydrogen) atoms. The van der Waals surface area contributed by atoms with Crippen LogP contribution in [-0.4, -0.2) is 15.1 Å². The lowest BCUT2D eigenvalue weighted by atomic mass is 10.2. The maximum absolute atomic E-state index is 9.37. The molecule has 0 spiro atoms. The number of aromatic nitrogens is 2. The van der Waals surface area contributed by atoms with E-state index >= 15 is 0 Å². The highest BCUT2D eigenvalue weighted by molar-refractivity contribution is 5.75. The molecule has 1 N–H and O–H groups in total. The van der Waals surface area contributed by atoms with Crippen LogP contribution in [-0.2, 0) is 0 Å². The van der Waals surface area contributed by atoms with Gasteiger partial charge in [0.15, 0.2) is 0 Å². The van der Waals surface area contributed by atoms with Gasteiger partial charge in [0.25, 0.3) is 0 Å². The molecule has 0 bridgehead atoms. The molecular formula is C15H18N2O. The van der Waals surface area contributed by atoms with E-state index in [9.17, 15) is 5.11 Å². The van der Waals surface area contributed by atoms with Crippen LogP contribution in [0, 0.1) is 0 Å². The van der Waals surface area contributed by atoms with Crippen molar-refractivity contribution in [2.24, 2.45) is 0 Å². The van der Waals surface area contributed by atoms with Crippen LogP contribution >= 0.6 is 0 Å². The Hall–Kier alpha value is -2.16. The molecule has 3 nitrogen and oxygen atoms in total. The summed E-state index contributed by atoms with van der Waals surface area (Å²) >= 11 is 0. The van der Waals surface area contributed by atoms with Crippen molar-refractivity contribution in [3.63, 3.8) is 0 Å². The van der Waals surface area contributed by atoms with Gasteiger partial charge in [-0.2, -0.15) is 0 Å². The van der Waals surface area contributed by atoms with Gasteiger partial charge in [0.1, 0.15) is 5.75 Å². The zero-order valence-electron chi connectivity index (χ0n) is 11.0. The summed E-state index contributed by atoms with van der Waals surface area (Å²) in [6.07, 6.45) is 5.37. The fourth-order valence-electron chi connectivity index (χ4n) is 1.52. The summed E-state index contributed by atoms with van der Waals surface area (Å²) < 4.78 is 0. The summed E-state index contributed by atoms with van der Waals surface area (Å²) in [5.74, 6) is 0.194. The first kappa shape index (κ1) is 13.9. The molecule has 2 aromatic rings. The molecule has 1 aromatic heterocycles. The van der Waals surface area contributed by atoms with Crippen LogP contribution in [0.4, 0.5) is 0 Å². The van der Waals surface area contributed by atoms with Crippen LogP contribution in [0.5, 0.6) is 5.75 Å². The van der Waals surface area contributed by atoms with Gasteiger partial charge in [-0.05, 0) is 25.1 Å². The molecule has 0 atom stereocenters. The molecule has 0 saturated carbocycles. The number of phenolic OH excluding ortho intramolecular Hbond substituents is 1. The van der Waals surface area contributed by atoms with Crippen LogP contribution in [0.2, 0.25) is 0 Å². The Labute approximate surface area is 107 Å². The largest absolute Gasteiger partial charge is 0.508 e. The highest BCUT2D eigenvalue weighted by Gasteiger charge is 1.98. The summed E-state index contributed by atoms with van der Waals surface area (Å²) in [6, 6.07) is 4.96. The van der Waals surface area contributed by atoms with Crippen molar-refractivity contribution in [3.05, 3.63) is 41.6 Å². The standard InChI is InChI=1S/C13H12N2O.C2H6/c1-3-5-11-10(4-2)14-12-7-6-9(16)8-13(12)15-11;1-2/h3-8,16H,1H2,2H3;1-2H3/b10-4+,11-5+;. The van der Waals surface area contributed by atoms with Crippen molar-refractivity contribution >= 4 is 23.2 Å². The number of nitrogens with zero attached hydrogens (tertiary/aromatic N) is 2. The molecular weight excluding hydrogens is 224 g/mol. The molecule has 1 heterocycles. The zero-order valence-corrected chi connectivity index (χ0v) is 11.0. The molecule has 0 aliphatic carbocycles. The third-order valence-electron chi connectivity index (χ3n) is 2.25.